The minimum absolute atomic E-state index is 0.248. The standard InChI is InChI=1S/C6H8Cl2N2O/c1-3-4-9-5(11-10-4)6(2,7)8/h3H2,1-2H3. The van der Waals surface area contributed by atoms with Crippen molar-refractivity contribution >= 4 is 23.2 Å². The molecule has 0 aliphatic heterocycles. The average Bonchev–Trinajstić information content (AvgIpc) is 2.32. The molecule has 3 nitrogen and oxygen atoms in total. The Kier molecular flexibility index (Phi) is 2.40. The van der Waals surface area contributed by atoms with Gasteiger partial charge in [0.15, 0.2) is 10.2 Å². The van der Waals surface area contributed by atoms with E-state index in [1.165, 1.54) is 0 Å². The molecule has 1 heterocycles. The summed E-state index contributed by atoms with van der Waals surface area (Å²) in [5, 5.41) is 3.65. The van der Waals surface area contributed by atoms with Crippen molar-refractivity contribution in [3.63, 3.8) is 0 Å². The van der Waals surface area contributed by atoms with Gasteiger partial charge in [-0.1, -0.05) is 35.3 Å². The number of aryl methyl sites for hydroxylation is 1. The molecule has 11 heavy (non-hydrogen) atoms. The van der Waals surface area contributed by atoms with Gasteiger partial charge in [0.1, 0.15) is 0 Å². The maximum absolute atomic E-state index is 5.70. The predicted octanol–water partition coefficient (Wildman–Crippen LogP) is 2.28. The second-order valence-electron chi connectivity index (χ2n) is 2.26. The van der Waals surface area contributed by atoms with Crippen LogP contribution in [0.25, 0.3) is 0 Å². The summed E-state index contributed by atoms with van der Waals surface area (Å²) in [6, 6.07) is 0. The fraction of sp³-hybridized carbons (Fsp3) is 0.667. The molecule has 0 aliphatic rings. The number of hydrogen-bond acceptors (Lipinski definition) is 3. The lowest BCUT2D eigenvalue weighted by atomic mass is 10.4. The van der Waals surface area contributed by atoms with Crippen molar-refractivity contribution in [3.8, 4) is 0 Å². The first-order chi connectivity index (χ1) is 5.04. The second kappa shape index (κ2) is 2.99. The van der Waals surface area contributed by atoms with Gasteiger partial charge in [-0.2, -0.15) is 4.98 Å². The molecular formula is C6H8Cl2N2O. The Morgan fingerprint density at radius 2 is 2.18 bits per heavy atom. The van der Waals surface area contributed by atoms with Crippen LogP contribution in [0.1, 0.15) is 25.6 Å². The molecule has 0 saturated carbocycles. The fourth-order valence-electron chi connectivity index (χ4n) is 0.576. The van der Waals surface area contributed by atoms with Gasteiger partial charge in [0.25, 0.3) is 5.89 Å². The van der Waals surface area contributed by atoms with Crippen molar-refractivity contribution in [1.29, 1.82) is 0 Å². The molecule has 1 rings (SSSR count). The predicted molar refractivity (Wildman–Crippen MR) is 42.7 cm³/mol. The van der Waals surface area contributed by atoms with E-state index in [4.69, 9.17) is 27.7 Å². The lowest BCUT2D eigenvalue weighted by Gasteiger charge is -2.04. The monoisotopic (exact) mass is 194 g/mol. The number of nitrogens with zero attached hydrogens (tertiary/aromatic N) is 2. The highest BCUT2D eigenvalue weighted by molar-refractivity contribution is 6.47. The minimum atomic E-state index is -1.08. The van der Waals surface area contributed by atoms with E-state index in [0.717, 1.165) is 0 Å². The number of aromatic nitrogens is 2. The van der Waals surface area contributed by atoms with Crippen LogP contribution in [0.5, 0.6) is 0 Å². The third-order valence-electron chi connectivity index (χ3n) is 1.16. The Bertz CT molecular complexity index is 241. The van der Waals surface area contributed by atoms with Crippen LogP contribution in [0.2, 0.25) is 0 Å². The molecule has 0 radical (unpaired) electrons. The summed E-state index contributed by atoms with van der Waals surface area (Å²) in [6.45, 7) is 3.51. The molecule has 62 valence electrons. The summed E-state index contributed by atoms with van der Waals surface area (Å²) in [7, 11) is 0. The maximum atomic E-state index is 5.70. The van der Waals surface area contributed by atoms with Gasteiger partial charge in [-0.05, 0) is 6.92 Å². The molecule has 0 amide bonds. The SMILES string of the molecule is CCc1noc(C(C)(Cl)Cl)n1. The van der Waals surface area contributed by atoms with Gasteiger partial charge in [0, 0.05) is 6.42 Å². The molecule has 0 spiro atoms. The van der Waals surface area contributed by atoms with Crippen molar-refractivity contribution in [2.75, 3.05) is 0 Å². The quantitative estimate of drug-likeness (QED) is 0.679. The van der Waals surface area contributed by atoms with E-state index in [9.17, 15) is 0 Å². The highest BCUT2D eigenvalue weighted by Gasteiger charge is 2.26. The van der Waals surface area contributed by atoms with E-state index in [1.807, 2.05) is 6.92 Å². The number of rotatable bonds is 2. The van der Waals surface area contributed by atoms with Crippen molar-refractivity contribution < 1.29 is 4.52 Å². The normalized spacial score (nSPS) is 12.0. The van der Waals surface area contributed by atoms with Crippen molar-refractivity contribution in [2.45, 2.75) is 24.6 Å². The molecule has 0 unspecified atom stereocenters. The first-order valence-electron chi connectivity index (χ1n) is 3.25. The molecule has 1 aromatic heterocycles. The van der Waals surface area contributed by atoms with Crippen LogP contribution in [0.3, 0.4) is 0 Å². The Morgan fingerprint density at radius 3 is 2.45 bits per heavy atom. The van der Waals surface area contributed by atoms with Crippen molar-refractivity contribution in [2.24, 2.45) is 0 Å². The minimum Gasteiger partial charge on any atom is -0.336 e. The average molecular weight is 195 g/mol. The molecule has 0 bridgehead atoms. The fourth-order valence-corrected chi connectivity index (χ4v) is 0.729. The topological polar surface area (TPSA) is 38.9 Å². The molecule has 0 saturated heterocycles. The Labute approximate surface area is 74.7 Å². The van der Waals surface area contributed by atoms with Crippen LogP contribution < -0.4 is 0 Å². The largest absolute Gasteiger partial charge is 0.336 e. The molecule has 5 heteroatoms. The van der Waals surface area contributed by atoms with Crippen LogP contribution in [0.15, 0.2) is 4.52 Å². The molecule has 0 aromatic carbocycles. The van der Waals surface area contributed by atoms with E-state index in [-0.39, 0.29) is 5.89 Å². The zero-order valence-corrected chi connectivity index (χ0v) is 7.78. The zero-order chi connectivity index (χ0) is 8.48. The van der Waals surface area contributed by atoms with Gasteiger partial charge in [-0.25, -0.2) is 0 Å². The smallest absolute Gasteiger partial charge is 0.262 e. The van der Waals surface area contributed by atoms with Gasteiger partial charge >= 0.3 is 0 Å². The summed E-state index contributed by atoms with van der Waals surface area (Å²) in [4.78, 5) is 3.96. The summed E-state index contributed by atoms with van der Waals surface area (Å²) in [6.07, 6.45) is 0.716. The van der Waals surface area contributed by atoms with Gasteiger partial charge in [-0.3, -0.25) is 0 Å². The van der Waals surface area contributed by atoms with E-state index in [1.54, 1.807) is 6.92 Å². The zero-order valence-electron chi connectivity index (χ0n) is 6.27. The molecule has 0 fully saturated rings. The van der Waals surface area contributed by atoms with Gasteiger partial charge in [0.05, 0.1) is 0 Å². The Balaban J connectivity index is 2.89. The first-order valence-corrected chi connectivity index (χ1v) is 4.00. The van der Waals surface area contributed by atoms with Gasteiger partial charge < -0.3 is 4.52 Å². The molecule has 0 N–H and O–H groups in total. The third kappa shape index (κ3) is 2.07. The lowest BCUT2D eigenvalue weighted by Crippen LogP contribution is -2.03. The van der Waals surface area contributed by atoms with Crippen LogP contribution in [-0.4, -0.2) is 10.1 Å². The van der Waals surface area contributed by atoms with E-state index in [0.29, 0.717) is 12.2 Å². The number of halogens is 2. The molecule has 1 aromatic rings. The summed E-state index contributed by atoms with van der Waals surface area (Å²) < 4.78 is 3.71. The molecule has 0 atom stereocenters. The second-order valence-corrected chi connectivity index (χ2v) is 3.96. The lowest BCUT2D eigenvalue weighted by molar-refractivity contribution is 0.366. The van der Waals surface area contributed by atoms with Crippen LogP contribution >= 0.6 is 23.2 Å². The van der Waals surface area contributed by atoms with Crippen LogP contribution in [-0.2, 0) is 10.8 Å². The Morgan fingerprint density at radius 1 is 1.55 bits per heavy atom. The third-order valence-corrected chi connectivity index (χ3v) is 1.48. The summed E-state index contributed by atoms with van der Waals surface area (Å²) in [5.74, 6) is 0.866. The van der Waals surface area contributed by atoms with E-state index >= 15 is 0 Å². The van der Waals surface area contributed by atoms with Gasteiger partial charge in [-0.15, -0.1) is 0 Å². The van der Waals surface area contributed by atoms with Crippen LogP contribution in [0, 0.1) is 0 Å². The van der Waals surface area contributed by atoms with Crippen molar-refractivity contribution in [3.05, 3.63) is 11.7 Å². The number of hydrogen-bond donors (Lipinski definition) is 0. The molecular weight excluding hydrogens is 187 g/mol. The highest BCUT2D eigenvalue weighted by atomic mass is 35.5. The van der Waals surface area contributed by atoms with E-state index in [2.05, 4.69) is 10.1 Å². The first kappa shape index (κ1) is 8.81. The van der Waals surface area contributed by atoms with E-state index < -0.39 is 4.33 Å². The number of alkyl halides is 2. The summed E-state index contributed by atoms with van der Waals surface area (Å²) in [5.41, 5.74) is 0. The Hall–Kier alpha value is -0.280. The highest BCUT2D eigenvalue weighted by Crippen LogP contribution is 2.31. The van der Waals surface area contributed by atoms with Crippen LogP contribution in [0.4, 0.5) is 0 Å². The summed E-state index contributed by atoms with van der Waals surface area (Å²) >= 11 is 11.4. The maximum Gasteiger partial charge on any atom is 0.262 e. The molecule has 0 aliphatic carbocycles. The van der Waals surface area contributed by atoms with Crippen molar-refractivity contribution in [1.82, 2.24) is 10.1 Å². The van der Waals surface area contributed by atoms with Gasteiger partial charge in [0.2, 0.25) is 0 Å².